The van der Waals surface area contributed by atoms with Crippen molar-refractivity contribution >= 4 is 46.5 Å². The molecular weight excluding hydrogens is 387 g/mol. The second kappa shape index (κ2) is 8.34. The molecule has 28 heavy (non-hydrogen) atoms. The van der Waals surface area contributed by atoms with E-state index in [9.17, 15) is 23.6 Å². The van der Waals surface area contributed by atoms with Gasteiger partial charge in [-0.2, -0.15) is 5.10 Å². The van der Waals surface area contributed by atoms with E-state index in [0.29, 0.717) is 5.56 Å². The van der Waals surface area contributed by atoms with Gasteiger partial charge in [0.25, 0.3) is 17.1 Å². The lowest BCUT2D eigenvalue weighted by molar-refractivity contribution is -0.130. The smallest absolute Gasteiger partial charge is 0.293 e. The third-order valence-corrected chi connectivity index (χ3v) is 5.04. The van der Waals surface area contributed by atoms with Crippen LogP contribution in [0.3, 0.4) is 0 Å². The molecule has 0 spiro atoms. The summed E-state index contributed by atoms with van der Waals surface area (Å²) in [7, 11) is 1.47. The van der Waals surface area contributed by atoms with Crippen molar-refractivity contribution in [2.45, 2.75) is 12.8 Å². The van der Waals surface area contributed by atoms with Gasteiger partial charge in [0.1, 0.15) is 11.5 Å². The van der Waals surface area contributed by atoms with Crippen LogP contribution in [0.2, 0.25) is 0 Å². The van der Waals surface area contributed by atoms with E-state index in [1.807, 2.05) is 0 Å². The predicted molar refractivity (Wildman–Crippen MR) is 102 cm³/mol. The van der Waals surface area contributed by atoms with E-state index in [2.05, 4.69) is 10.4 Å². The van der Waals surface area contributed by atoms with Gasteiger partial charge in [-0.05, 0) is 35.5 Å². The number of carbonyl (C=O) groups is 4. The number of hydrogen-bond acceptors (Lipinski definition) is 6. The van der Waals surface area contributed by atoms with Gasteiger partial charge in [-0.25, -0.2) is 9.40 Å². The molecule has 1 N–H and O–H groups in total. The van der Waals surface area contributed by atoms with Crippen molar-refractivity contribution in [1.82, 2.24) is 15.2 Å². The number of hydrogen-bond donors (Lipinski definition) is 1. The van der Waals surface area contributed by atoms with Crippen molar-refractivity contribution in [1.29, 1.82) is 0 Å². The summed E-state index contributed by atoms with van der Waals surface area (Å²) in [6.45, 7) is 0.0800. The van der Waals surface area contributed by atoms with Crippen LogP contribution in [-0.4, -0.2) is 58.7 Å². The molecule has 1 aromatic carbocycles. The largest absolute Gasteiger partial charge is 0.349 e. The molecule has 0 aromatic heterocycles. The normalized spacial score (nSPS) is 18.7. The van der Waals surface area contributed by atoms with Crippen molar-refractivity contribution in [3.8, 4) is 0 Å². The number of nitrogens with one attached hydrogen (secondary N) is 1. The van der Waals surface area contributed by atoms with Crippen LogP contribution < -0.4 is 5.32 Å². The molecule has 0 saturated carbocycles. The lowest BCUT2D eigenvalue weighted by Gasteiger charge is -2.19. The van der Waals surface area contributed by atoms with Gasteiger partial charge in [0.05, 0.1) is 4.91 Å². The lowest BCUT2D eigenvalue weighted by Crippen LogP contribution is -2.41. The molecule has 0 bridgehead atoms. The van der Waals surface area contributed by atoms with Gasteiger partial charge in [-0.1, -0.05) is 12.1 Å². The minimum Gasteiger partial charge on any atom is -0.349 e. The highest BCUT2D eigenvalue weighted by Gasteiger charge is 2.34. The highest BCUT2D eigenvalue weighted by Crippen LogP contribution is 2.31. The van der Waals surface area contributed by atoms with E-state index in [0.717, 1.165) is 21.7 Å². The van der Waals surface area contributed by atoms with E-state index in [1.165, 1.54) is 37.4 Å². The highest BCUT2D eigenvalue weighted by atomic mass is 32.2. The second-order valence-electron chi connectivity index (χ2n) is 6.10. The van der Waals surface area contributed by atoms with Crippen LogP contribution in [0.15, 0.2) is 34.3 Å². The maximum atomic E-state index is 13.0. The Bertz CT molecular complexity index is 897. The summed E-state index contributed by atoms with van der Waals surface area (Å²) in [5, 5.41) is 7.19. The van der Waals surface area contributed by atoms with Gasteiger partial charge < -0.3 is 5.32 Å². The lowest BCUT2D eigenvalue weighted by atomic mass is 10.1. The summed E-state index contributed by atoms with van der Waals surface area (Å²) in [5.74, 6) is -1.46. The van der Waals surface area contributed by atoms with Crippen LogP contribution >= 0.6 is 11.8 Å². The van der Waals surface area contributed by atoms with Crippen molar-refractivity contribution < 1.29 is 23.6 Å². The Kier molecular flexibility index (Phi) is 5.88. The minimum atomic E-state index is -0.464. The van der Waals surface area contributed by atoms with E-state index in [4.69, 9.17) is 0 Å². The van der Waals surface area contributed by atoms with Gasteiger partial charge in [-0.15, -0.1) is 0 Å². The van der Waals surface area contributed by atoms with Crippen LogP contribution in [0.1, 0.15) is 18.4 Å². The molecule has 2 heterocycles. The van der Waals surface area contributed by atoms with Crippen molar-refractivity contribution in [2.24, 2.45) is 5.10 Å². The summed E-state index contributed by atoms with van der Waals surface area (Å²) in [6.07, 6.45) is 1.98. The number of nitrogens with zero attached hydrogens (tertiary/aromatic N) is 3. The molecule has 1 fully saturated rings. The Labute approximate surface area is 164 Å². The molecule has 146 valence electrons. The zero-order valence-electron chi connectivity index (χ0n) is 15.0. The van der Waals surface area contributed by atoms with Gasteiger partial charge in [0.15, 0.2) is 0 Å². The zero-order valence-corrected chi connectivity index (χ0v) is 15.8. The maximum Gasteiger partial charge on any atom is 0.293 e. The Morgan fingerprint density at radius 1 is 1.25 bits per heavy atom. The number of thioether (sulfide) groups is 1. The summed E-state index contributed by atoms with van der Waals surface area (Å²) in [6, 6.07) is 5.56. The second-order valence-corrected chi connectivity index (χ2v) is 7.10. The fraction of sp³-hybridized carbons (Fsp3) is 0.278. The average Bonchev–Trinajstić information content (AvgIpc) is 2.93. The van der Waals surface area contributed by atoms with Crippen molar-refractivity contribution in [3.05, 3.63) is 40.6 Å². The molecule has 4 amide bonds. The SMILES string of the molecule is CN1N=C(C(=O)NCCN2C(=O)S/C(=C\c3ccc(F)cc3)C2=O)CCC1=O. The van der Waals surface area contributed by atoms with E-state index in [-0.39, 0.29) is 48.3 Å². The van der Waals surface area contributed by atoms with Crippen LogP contribution in [-0.2, 0) is 14.4 Å². The molecule has 1 saturated heterocycles. The number of rotatable bonds is 5. The summed E-state index contributed by atoms with van der Waals surface area (Å²) in [5.41, 5.74) is 0.835. The zero-order chi connectivity index (χ0) is 20.3. The fourth-order valence-electron chi connectivity index (χ4n) is 2.62. The molecular formula is C18H17FN4O4S. The number of benzene rings is 1. The summed E-state index contributed by atoms with van der Waals surface area (Å²) in [4.78, 5) is 49.2. The molecule has 0 unspecified atom stereocenters. The first-order valence-corrected chi connectivity index (χ1v) is 9.30. The Balaban J connectivity index is 1.56. The molecule has 2 aliphatic rings. The van der Waals surface area contributed by atoms with Gasteiger partial charge >= 0.3 is 0 Å². The van der Waals surface area contributed by atoms with Gasteiger partial charge in [0.2, 0.25) is 5.91 Å². The first-order chi connectivity index (χ1) is 13.3. The molecule has 8 nitrogen and oxygen atoms in total. The Morgan fingerprint density at radius 2 is 1.96 bits per heavy atom. The van der Waals surface area contributed by atoms with Crippen LogP contribution in [0, 0.1) is 5.82 Å². The number of amides is 4. The van der Waals surface area contributed by atoms with Gasteiger partial charge in [0, 0.05) is 33.0 Å². The molecule has 3 rings (SSSR count). The van der Waals surface area contributed by atoms with Crippen molar-refractivity contribution in [3.63, 3.8) is 0 Å². The topological polar surface area (TPSA) is 99.2 Å². The summed E-state index contributed by atoms with van der Waals surface area (Å²) < 4.78 is 13.0. The maximum absolute atomic E-state index is 13.0. The molecule has 0 atom stereocenters. The number of imide groups is 1. The van der Waals surface area contributed by atoms with E-state index in [1.54, 1.807) is 0 Å². The minimum absolute atomic E-state index is 0.0131. The first kappa shape index (κ1) is 19.7. The van der Waals surface area contributed by atoms with E-state index >= 15 is 0 Å². The predicted octanol–water partition coefficient (Wildman–Crippen LogP) is 1.59. The number of carbonyl (C=O) groups excluding carboxylic acids is 4. The molecule has 2 aliphatic heterocycles. The van der Waals surface area contributed by atoms with Crippen LogP contribution in [0.25, 0.3) is 6.08 Å². The van der Waals surface area contributed by atoms with Crippen LogP contribution in [0.4, 0.5) is 9.18 Å². The fourth-order valence-corrected chi connectivity index (χ4v) is 3.48. The Hall–Kier alpha value is -3.01. The first-order valence-electron chi connectivity index (χ1n) is 8.48. The molecule has 0 aliphatic carbocycles. The highest BCUT2D eigenvalue weighted by molar-refractivity contribution is 8.18. The summed E-state index contributed by atoms with van der Waals surface area (Å²) >= 11 is 0.792. The molecule has 0 radical (unpaired) electrons. The Morgan fingerprint density at radius 3 is 2.64 bits per heavy atom. The monoisotopic (exact) mass is 404 g/mol. The molecule has 10 heteroatoms. The standard InChI is InChI=1S/C18H17FN4O4S/c1-22-15(24)7-6-13(21-22)16(25)20-8-9-23-17(26)14(28-18(23)27)10-11-2-4-12(19)5-3-11/h2-5,10H,6-9H2,1H3,(H,20,25)/b14-10-. The van der Waals surface area contributed by atoms with E-state index < -0.39 is 17.1 Å². The quantitative estimate of drug-likeness (QED) is 0.752. The van der Waals surface area contributed by atoms with Crippen molar-refractivity contribution in [2.75, 3.05) is 20.1 Å². The number of halogens is 1. The van der Waals surface area contributed by atoms with Gasteiger partial charge in [-0.3, -0.25) is 24.1 Å². The average molecular weight is 404 g/mol. The third-order valence-electron chi connectivity index (χ3n) is 4.13. The third kappa shape index (κ3) is 4.45. The molecule has 1 aromatic rings. The van der Waals surface area contributed by atoms with Crippen LogP contribution in [0.5, 0.6) is 0 Å². The number of hydrazone groups is 1.